The van der Waals surface area contributed by atoms with Gasteiger partial charge in [-0.2, -0.15) is 0 Å². The van der Waals surface area contributed by atoms with Crippen LogP contribution in [0.2, 0.25) is 0 Å². The maximum atomic E-state index is 13.3. The van der Waals surface area contributed by atoms with E-state index in [0.29, 0.717) is 24.6 Å². The second-order valence-electron chi connectivity index (χ2n) is 7.78. The Balaban J connectivity index is 1.49. The van der Waals surface area contributed by atoms with Crippen LogP contribution < -0.4 is 14.4 Å². The maximum Gasteiger partial charge on any atom is 0.267 e. The third-order valence-electron chi connectivity index (χ3n) is 5.37. The largest absolute Gasteiger partial charge is 0.485 e. The molecule has 2 aliphatic rings. The molecule has 2 atom stereocenters. The first kappa shape index (κ1) is 19.6. The summed E-state index contributed by atoms with van der Waals surface area (Å²) in [7, 11) is 4.03. The number of carbonyl (C=O) groups excluding carboxylic acids is 1. The zero-order chi connectivity index (χ0) is 20.2. The molecule has 2 aromatic carbocycles. The van der Waals surface area contributed by atoms with Crippen LogP contribution in [0.4, 0.5) is 5.69 Å². The highest BCUT2D eigenvalue weighted by Gasteiger charge is 2.33. The summed E-state index contributed by atoms with van der Waals surface area (Å²) < 4.78 is 17.5. The van der Waals surface area contributed by atoms with Gasteiger partial charge >= 0.3 is 0 Å². The van der Waals surface area contributed by atoms with Gasteiger partial charge in [-0.05, 0) is 42.7 Å². The molecule has 2 heterocycles. The minimum Gasteiger partial charge on any atom is -0.485 e. The van der Waals surface area contributed by atoms with Crippen molar-refractivity contribution in [3.63, 3.8) is 0 Å². The zero-order valence-electron chi connectivity index (χ0n) is 17.0. The molecule has 0 unspecified atom stereocenters. The Morgan fingerprint density at radius 3 is 2.52 bits per heavy atom. The van der Waals surface area contributed by atoms with Gasteiger partial charge in [0.05, 0.1) is 6.10 Å². The van der Waals surface area contributed by atoms with E-state index in [-0.39, 0.29) is 18.6 Å². The summed E-state index contributed by atoms with van der Waals surface area (Å²) in [5, 5.41) is 0. The van der Waals surface area contributed by atoms with E-state index >= 15 is 0 Å². The van der Waals surface area contributed by atoms with Crippen molar-refractivity contribution < 1.29 is 19.0 Å². The number of rotatable bonds is 6. The molecule has 0 saturated carbocycles. The highest BCUT2D eigenvalue weighted by Crippen LogP contribution is 2.31. The van der Waals surface area contributed by atoms with Crippen molar-refractivity contribution in [1.29, 1.82) is 0 Å². The van der Waals surface area contributed by atoms with Crippen molar-refractivity contribution in [3.05, 3.63) is 54.1 Å². The monoisotopic (exact) mass is 396 g/mol. The fourth-order valence-corrected chi connectivity index (χ4v) is 3.73. The third kappa shape index (κ3) is 4.65. The molecule has 0 aromatic heterocycles. The summed E-state index contributed by atoms with van der Waals surface area (Å²) in [6.07, 6.45) is 1.46. The third-order valence-corrected chi connectivity index (χ3v) is 5.37. The fourth-order valence-electron chi connectivity index (χ4n) is 3.73. The molecule has 0 bridgehead atoms. The summed E-state index contributed by atoms with van der Waals surface area (Å²) >= 11 is 0. The van der Waals surface area contributed by atoms with Crippen molar-refractivity contribution in [2.75, 3.05) is 38.8 Å². The molecule has 1 amide bonds. The first-order valence-electron chi connectivity index (χ1n) is 10.2. The number of para-hydroxylation sites is 2. The first-order chi connectivity index (χ1) is 14.1. The topological polar surface area (TPSA) is 51.2 Å². The normalized spacial score (nSPS) is 20.3. The van der Waals surface area contributed by atoms with Gasteiger partial charge < -0.3 is 24.0 Å². The van der Waals surface area contributed by atoms with E-state index in [1.165, 1.54) is 0 Å². The van der Waals surface area contributed by atoms with E-state index in [1.807, 2.05) is 43.3 Å². The van der Waals surface area contributed by atoms with Crippen LogP contribution in [0.5, 0.6) is 11.5 Å². The molecule has 2 aromatic rings. The quantitative estimate of drug-likeness (QED) is 0.751. The van der Waals surface area contributed by atoms with Gasteiger partial charge in [-0.1, -0.05) is 24.3 Å². The van der Waals surface area contributed by atoms with E-state index in [9.17, 15) is 4.79 Å². The average molecular weight is 396 g/mol. The van der Waals surface area contributed by atoms with Gasteiger partial charge in [0.1, 0.15) is 6.61 Å². The zero-order valence-corrected chi connectivity index (χ0v) is 17.0. The lowest BCUT2D eigenvalue weighted by molar-refractivity contribution is -0.143. The predicted molar refractivity (Wildman–Crippen MR) is 112 cm³/mol. The molecule has 0 N–H and O–H groups in total. The van der Waals surface area contributed by atoms with Crippen molar-refractivity contribution in [1.82, 2.24) is 4.90 Å². The van der Waals surface area contributed by atoms with E-state index in [4.69, 9.17) is 14.2 Å². The Labute approximate surface area is 172 Å². The molecule has 154 valence electrons. The summed E-state index contributed by atoms with van der Waals surface area (Å²) in [5.41, 5.74) is 2.21. The summed E-state index contributed by atoms with van der Waals surface area (Å²) in [6, 6.07) is 15.7. The van der Waals surface area contributed by atoms with Gasteiger partial charge in [-0.15, -0.1) is 0 Å². The minimum atomic E-state index is -0.646. The number of hydrogen-bond donors (Lipinski definition) is 0. The Kier molecular flexibility index (Phi) is 5.90. The van der Waals surface area contributed by atoms with E-state index in [2.05, 4.69) is 29.2 Å². The number of hydrogen-bond acceptors (Lipinski definition) is 5. The van der Waals surface area contributed by atoms with Crippen LogP contribution in [0.3, 0.4) is 0 Å². The molecule has 0 spiro atoms. The summed E-state index contributed by atoms with van der Waals surface area (Å²) in [4.78, 5) is 17.2. The standard InChI is InChI=1S/C23H28N2O4/c1-24(2)18-11-9-17(10-12-18)14-25(15-19-6-5-13-27-19)23(26)22-16-28-20-7-3-4-8-21(20)29-22/h3-4,7-12,19,22H,5-6,13-16H2,1-2H3/t19-,22-/m0/s1. The van der Waals surface area contributed by atoms with Gasteiger partial charge in [-0.25, -0.2) is 0 Å². The minimum absolute atomic E-state index is 0.0633. The van der Waals surface area contributed by atoms with Crippen molar-refractivity contribution in [2.24, 2.45) is 0 Å². The molecule has 1 saturated heterocycles. The Hall–Kier alpha value is -2.73. The Morgan fingerprint density at radius 1 is 1.07 bits per heavy atom. The lowest BCUT2D eigenvalue weighted by Gasteiger charge is -2.32. The van der Waals surface area contributed by atoms with E-state index in [0.717, 1.165) is 30.7 Å². The van der Waals surface area contributed by atoms with Crippen LogP contribution >= 0.6 is 0 Å². The molecule has 0 radical (unpaired) electrons. The second-order valence-corrected chi connectivity index (χ2v) is 7.78. The van der Waals surface area contributed by atoms with Gasteiger partial charge in [0.15, 0.2) is 11.5 Å². The van der Waals surface area contributed by atoms with Gasteiger partial charge in [0.25, 0.3) is 5.91 Å². The number of amides is 1. The molecule has 1 fully saturated rings. The lowest BCUT2D eigenvalue weighted by Crippen LogP contribution is -2.48. The second kappa shape index (κ2) is 8.74. The van der Waals surface area contributed by atoms with Crippen LogP contribution in [0.15, 0.2) is 48.5 Å². The number of ether oxygens (including phenoxy) is 3. The van der Waals surface area contributed by atoms with Crippen molar-refractivity contribution in [2.45, 2.75) is 31.6 Å². The van der Waals surface area contributed by atoms with E-state index < -0.39 is 6.10 Å². The molecule has 0 aliphatic carbocycles. The Morgan fingerprint density at radius 2 is 1.83 bits per heavy atom. The highest BCUT2D eigenvalue weighted by atomic mass is 16.6. The lowest BCUT2D eigenvalue weighted by atomic mass is 10.1. The molecule has 29 heavy (non-hydrogen) atoms. The molecule has 4 rings (SSSR count). The van der Waals surface area contributed by atoms with E-state index in [1.54, 1.807) is 0 Å². The number of fused-ring (bicyclic) bond motifs is 1. The summed E-state index contributed by atoms with van der Waals surface area (Å²) in [6.45, 7) is 2.07. The van der Waals surface area contributed by atoms with Gasteiger partial charge in [-0.3, -0.25) is 4.79 Å². The number of carbonyl (C=O) groups is 1. The fraction of sp³-hybridized carbons (Fsp3) is 0.435. The van der Waals surface area contributed by atoms with Crippen LogP contribution in [0.1, 0.15) is 18.4 Å². The van der Waals surface area contributed by atoms with Crippen molar-refractivity contribution in [3.8, 4) is 11.5 Å². The van der Waals surface area contributed by atoms with Gasteiger partial charge in [0.2, 0.25) is 6.10 Å². The van der Waals surface area contributed by atoms with Crippen LogP contribution in [-0.4, -0.2) is 56.9 Å². The molecule has 6 heteroatoms. The Bertz CT molecular complexity index is 831. The highest BCUT2D eigenvalue weighted by molar-refractivity contribution is 5.82. The number of nitrogens with zero attached hydrogens (tertiary/aromatic N) is 2. The predicted octanol–water partition coefficient (Wildman–Crippen LogP) is 3.10. The smallest absolute Gasteiger partial charge is 0.267 e. The van der Waals surface area contributed by atoms with Crippen LogP contribution in [0.25, 0.3) is 0 Å². The van der Waals surface area contributed by atoms with Crippen molar-refractivity contribution >= 4 is 11.6 Å². The van der Waals surface area contributed by atoms with Crippen LogP contribution in [-0.2, 0) is 16.1 Å². The van der Waals surface area contributed by atoms with Gasteiger partial charge in [0, 0.05) is 39.5 Å². The summed E-state index contributed by atoms with van der Waals surface area (Å²) in [5.74, 6) is 1.23. The molecule has 6 nitrogen and oxygen atoms in total. The number of benzene rings is 2. The molecule has 2 aliphatic heterocycles. The molecular formula is C23H28N2O4. The maximum absolute atomic E-state index is 13.3. The molecular weight excluding hydrogens is 368 g/mol. The SMILES string of the molecule is CN(C)c1ccc(CN(C[C@@H]2CCCO2)C(=O)[C@@H]2COc3ccccc3O2)cc1. The number of anilines is 1. The average Bonchev–Trinajstić information content (AvgIpc) is 3.26. The first-order valence-corrected chi connectivity index (χ1v) is 10.2. The van der Waals surface area contributed by atoms with Crippen LogP contribution in [0, 0.1) is 0 Å².